The second-order valence-electron chi connectivity index (χ2n) is 6.10. The van der Waals surface area contributed by atoms with Gasteiger partial charge in [0.15, 0.2) is 11.9 Å². The fourth-order valence-electron chi connectivity index (χ4n) is 3.06. The molecule has 2 aliphatic rings. The SMILES string of the molecule is Cc1cc(OC(C)C(=O)N2CCC3(CC2)OCCO3)ccc1Cl. The van der Waals surface area contributed by atoms with Gasteiger partial charge in [-0.25, -0.2) is 0 Å². The lowest BCUT2D eigenvalue weighted by Gasteiger charge is -2.38. The standard InChI is InChI=1S/C17H22ClNO4/c1-12-11-14(3-4-15(12)18)23-13(2)16(20)19-7-5-17(6-8-19)21-9-10-22-17/h3-4,11,13H,5-10H2,1-2H3. The van der Waals surface area contributed by atoms with Crippen LogP contribution in [0.2, 0.25) is 5.02 Å². The Balaban J connectivity index is 1.56. The maximum Gasteiger partial charge on any atom is 0.263 e. The number of benzene rings is 1. The molecular formula is C17H22ClNO4. The van der Waals surface area contributed by atoms with Crippen LogP contribution >= 0.6 is 11.6 Å². The summed E-state index contributed by atoms with van der Waals surface area (Å²) in [6.07, 6.45) is 0.895. The molecule has 2 saturated heterocycles. The van der Waals surface area contributed by atoms with Gasteiger partial charge in [0.05, 0.1) is 13.2 Å². The normalized spacial score (nSPS) is 21.4. The molecule has 0 aromatic heterocycles. The number of likely N-dealkylation sites (tertiary alicyclic amines) is 1. The average Bonchev–Trinajstić information content (AvgIpc) is 2.99. The Morgan fingerprint density at radius 1 is 1.30 bits per heavy atom. The number of piperidine rings is 1. The van der Waals surface area contributed by atoms with Crippen LogP contribution in [-0.2, 0) is 14.3 Å². The van der Waals surface area contributed by atoms with Gasteiger partial charge in [0.25, 0.3) is 5.91 Å². The zero-order valence-corrected chi connectivity index (χ0v) is 14.3. The highest BCUT2D eigenvalue weighted by Crippen LogP contribution is 2.31. The highest BCUT2D eigenvalue weighted by Gasteiger charge is 2.41. The lowest BCUT2D eigenvalue weighted by molar-refractivity contribution is -0.188. The van der Waals surface area contributed by atoms with Crippen LogP contribution in [0.4, 0.5) is 0 Å². The van der Waals surface area contributed by atoms with Crippen molar-refractivity contribution in [2.75, 3.05) is 26.3 Å². The molecule has 1 unspecified atom stereocenters. The Morgan fingerprint density at radius 3 is 2.57 bits per heavy atom. The summed E-state index contributed by atoms with van der Waals surface area (Å²) in [5, 5.41) is 0.689. The van der Waals surface area contributed by atoms with Gasteiger partial charge in [0.2, 0.25) is 0 Å². The highest BCUT2D eigenvalue weighted by molar-refractivity contribution is 6.31. The molecule has 1 amide bonds. The zero-order valence-electron chi connectivity index (χ0n) is 13.5. The Hall–Kier alpha value is -1.30. The van der Waals surface area contributed by atoms with E-state index in [4.69, 9.17) is 25.8 Å². The molecule has 0 aliphatic carbocycles. The molecule has 0 N–H and O–H groups in total. The van der Waals surface area contributed by atoms with E-state index in [9.17, 15) is 4.79 Å². The lowest BCUT2D eigenvalue weighted by Crippen LogP contribution is -2.50. The predicted molar refractivity (Wildman–Crippen MR) is 86.7 cm³/mol. The van der Waals surface area contributed by atoms with Crippen molar-refractivity contribution in [3.63, 3.8) is 0 Å². The van der Waals surface area contributed by atoms with Gasteiger partial charge in [0, 0.05) is 31.0 Å². The molecule has 23 heavy (non-hydrogen) atoms. The Bertz CT molecular complexity index is 576. The molecule has 3 rings (SSSR count). The van der Waals surface area contributed by atoms with Crippen molar-refractivity contribution in [3.8, 4) is 5.75 Å². The van der Waals surface area contributed by atoms with Crippen LogP contribution in [0.1, 0.15) is 25.3 Å². The number of ether oxygens (including phenoxy) is 3. The van der Waals surface area contributed by atoms with Crippen LogP contribution in [0.15, 0.2) is 18.2 Å². The van der Waals surface area contributed by atoms with Crippen molar-refractivity contribution in [1.82, 2.24) is 4.90 Å². The van der Waals surface area contributed by atoms with Crippen molar-refractivity contribution >= 4 is 17.5 Å². The van der Waals surface area contributed by atoms with Crippen molar-refractivity contribution in [3.05, 3.63) is 28.8 Å². The fraction of sp³-hybridized carbons (Fsp3) is 0.588. The van der Waals surface area contributed by atoms with Gasteiger partial charge in [-0.05, 0) is 37.6 Å². The summed E-state index contributed by atoms with van der Waals surface area (Å²) in [7, 11) is 0. The third kappa shape index (κ3) is 3.62. The first kappa shape index (κ1) is 16.6. The summed E-state index contributed by atoms with van der Waals surface area (Å²) < 4.78 is 17.1. The number of aryl methyl sites for hydroxylation is 1. The summed E-state index contributed by atoms with van der Waals surface area (Å²) in [5.74, 6) is 0.183. The van der Waals surface area contributed by atoms with E-state index in [-0.39, 0.29) is 5.91 Å². The molecule has 5 nitrogen and oxygen atoms in total. The van der Waals surface area contributed by atoms with Gasteiger partial charge < -0.3 is 19.1 Å². The number of carbonyl (C=O) groups is 1. The van der Waals surface area contributed by atoms with Gasteiger partial charge in [-0.2, -0.15) is 0 Å². The molecule has 2 fully saturated rings. The Morgan fingerprint density at radius 2 is 1.96 bits per heavy atom. The summed E-state index contributed by atoms with van der Waals surface area (Å²) in [6.45, 7) is 6.23. The Kier molecular flexibility index (Phi) is 4.80. The topological polar surface area (TPSA) is 48.0 Å². The molecule has 126 valence electrons. The van der Waals surface area contributed by atoms with E-state index in [2.05, 4.69) is 0 Å². The Labute approximate surface area is 141 Å². The van der Waals surface area contributed by atoms with Crippen molar-refractivity contribution in [1.29, 1.82) is 0 Å². The molecule has 2 heterocycles. The third-order valence-corrected chi connectivity index (χ3v) is 4.86. The minimum absolute atomic E-state index is 0.00884. The first-order chi connectivity index (χ1) is 11.0. The number of amides is 1. The monoisotopic (exact) mass is 339 g/mol. The largest absolute Gasteiger partial charge is 0.481 e. The van der Waals surface area contributed by atoms with Crippen molar-refractivity contribution < 1.29 is 19.0 Å². The van der Waals surface area contributed by atoms with Gasteiger partial charge in [-0.1, -0.05) is 11.6 Å². The maximum absolute atomic E-state index is 12.6. The number of hydrogen-bond acceptors (Lipinski definition) is 4. The van der Waals surface area contributed by atoms with Crippen molar-refractivity contribution in [2.45, 2.75) is 38.6 Å². The maximum atomic E-state index is 12.6. The molecular weight excluding hydrogens is 318 g/mol. The minimum atomic E-state index is -0.532. The second kappa shape index (κ2) is 6.67. The second-order valence-corrected chi connectivity index (χ2v) is 6.51. The predicted octanol–water partition coefficient (Wildman–Crippen LogP) is 2.78. The minimum Gasteiger partial charge on any atom is -0.481 e. The lowest BCUT2D eigenvalue weighted by atomic mass is 10.0. The van der Waals surface area contributed by atoms with Crippen LogP contribution in [0.3, 0.4) is 0 Å². The number of rotatable bonds is 3. The highest BCUT2D eigenvalue weighted by atomic mass is 35.5. The molecule has 0 saturated carbocycles. The number of nitrogens with zero attached hydrogens (tertiary/aromatic N) is 1. The van der Waals surface area contributed by atoms with E-state index in [0.29, 0.717) is 49.9 Å². The molecule has 6 heteroatoms. The summed E-state index contributed by atoms with van der Waals surface area (Å²) in [6, 6.07) is 5.41. The van der Waals surface area contributed by atoms with Gasteiger partial charge >= 0.3 is 0 Å². The van der Waals surface area contributed by atoms with E-state index in [1.54, 1.807) is 19.1 Å². The van der Waals surface area contributed by atoms with Crippen molar-refractivity contribution in [2.24, 2.45) is 0 Å². The van der Waals surface area contributed by atoms with Crippen LogP contribution in [0, 0.1) is 6.92 Å². The number of halogens is 1. The van der Waals surface area contributed by atoms with E-state index in [1.165, 1.54) is 0 Å². The number of hydrogen-bond donors (Lipinski definition) is 0. The molecule has 1 aromatic rings. The zero-order chi connectivity index (χ0) is 16.4. The molecule has 1 aromatic carbocycles. The number of carbonyl (C=O) groups excluding carboxylic acids is 1. The van der Waals surface area contributed by atoms with E-state index in [1.807, 2.05) is 17.9 Å². The van der Waals surface area contributed by atoms with Crippen LogP contribution in [0.5, 0.6) is 5.75 Å². The molecule has 1 atom stereocenters. The van der Waals surface area contributed by atoms with Crippen LogP contribution in [-0.4, -0.2) is 49.0 Å². The fourth-order valence-corrected chi connectivity index (χ4v) is 3.17. The van der Waals surface area contributed by atoms with E-state index in [0.717, 1.165) is 5.56 Å². The quantitative estimate of drug-likeness (QED) is 0.849. The molecule has 0 radical (unpaired) electrons. The average molecular weight is 340 g/mol. The van der Waals surface area contributed by atoms with Crippen LogP contribution < -0.4 is 4.74 Å². The van der Waals surface area contributed by atoms with E-state index < -0.39 is 11.9 Å². The molecule has 1 spiro atoms. The van der Waals surface area contributed by atoms with Gasteiger partial charge in [0.1, 0.15) is 5.75 Å². The van der Waals surface area contributed by atoms with Gasteiger partial charge in [-0.15, -0.1) is 0 Å². The summed E-state index contributed by atoms with van der Waals surface area (Å²) in [5.41, 5.74) is 0.930. The first-order valence-electron chi connectivity index (χ1n) is 7.99. The summed E-state index contributed by atoms with van der Waals surface area (Å²) in [4.78, 5) is 14.4. The smallest absolute Gasteiger partial charge is 0.263 e. The molecule has 0 bridgehead atoms. The van der Waals surface area contributed by atoms with Crippen LogP contribution in [0.25, 0.3) is 0 Å². The first-order valence-corrected chi connectivity index (χ1v) is 8.36. The molecule has 2 aliphatic heterocycles. The van der Waals surface area contributed by atoms with E-state index >= 15 is 0 Å². The van der Waals surface area contributed by atoms with Gasteiger partial charge in [-0.3, -0.25) is 4.79 Å². The third-order valence-electron chi connectivity index (χ3n) is 4.44. The summed E-state index contributed by atoms with van der Waals surface area (Å²) >= 11 is 6.01.